The molecule has 3 aromatic rings. The monoisotopic (exact) mass is 509 g/mol. The van der Waals surface area contributed by atoms with Gasteiger partial charge in [0.15, 0.2) is 0 Å². The van der Waals surface area contributed by atoms with Crippen molar-refractivity contribution in [3.63, 3.8) is 0 Å². The van der Waals surface area contributed by atoms with Gasteiger partial charge >= 0.3 is 0 Å². The van der Waals surface area contributed by atoms with E-state index in [1.165, 1.54) is 43.9 Å². The zero-order valence-corrected chi connectivity index (χ0v) is 20.5. The lowest BCUT2D eigenvalue weighted by Gasteiger charge is -2.56. The maximum atomic E-state index is 13.4. The molecule has 4 aliphatic heterocycles. The number of aromatic amines is 1. The van der Waals surface area contributed by atoms with Gasteiger partial charge in [0.1, 0.15) is 5.82 Å². The van der Waals surface area contributed by atoms with Crippen molar-refractivity contribution in [2.45, 2.75) is 18.0 Å². The van der Waals surface area contributed by atoms with Gasteiger partial charge in [0.2, 0.25) is 0 Å². The van der Waals surface area contributed by atoms with Crippen molar-refractivity contribution < 1.29 is 24.2 Å². The van der Waals surface area contributed by atoms with E-state index in [-0.39, 0.29) is 24.2 Å². The van der Waals surface area contributed by atoms with E-state index in [9.17, 15) is 4.39 Å². The number of piperidine rings is 2. The molecule has 4 N–H and O–H groups in total. The number of nitrogens with zero attached hydrogens (tertiary/aromatic N) is 3. The van der Waals surface area contributed by atoms with E-state index in [1.54, 1.807) is 0 Å². The molecule has 0 saturated carbocycles. The maximum Gasteiger partial charge on any atom is 0.290 e. The summed E-state index contributed by atoms with van der Waals surface area (Å²) in [5.74, 6) is 0.383. The number of rotatable bonds is 5. The van der Waals surface area contributed by atoms with Crippen LogP contribution in [0.15, 0.2) is 60.8 Å². The van der Waals surface area contributed by atoms with Gasteiger partial charge in [0, 0.05) is 74.3 Å². The van der Waals surface area contributed by atoms with Crippen molar-refractivity contribution >= 4 is 12.9 Å². The first-order chi connectivity index (χ1) is 18.0. The van der Waals surface area contributed by atoms with Gasteiger partial charge in [-0.15, -0.1) is 0 Å². The van der Waals surface area contributed by atoms with Crippen molar-refractivity contribution in [2.24, 2.45) is 5.92 Å². The van der Waals surface area contributed by atoms with E-state index < -0.39 is 0 Å². The molecule has 7 rings (SSSR count). The van der Waals surface area contributed by atoms with Gasteiger partial charge in [-0.2, -0.15) is 5.10 Å². The average molecular weight is 510 g/mol. The molecule has 1 aromatic heterocycles. The van der Waals surface area contributed by atoms with Crippen LogP contribution in [0.2, 0.25) is 0 Å². The van der Waals surface area contributed by atoms with E-state index in [2.05, 4.69) is 55.6 Å². The maximum absolute atomic E-state index is 13.4. The summed E-state index contributed by atoms with van der Waals surface area (Å²) < 4.78 is 13.4. The Morgan fingerprint density at radius 1 is 1.00 bits per heavy atom. The minimum Gasteiger partial charge on any atom is -0.483 e. The molecule has 5 heterocycles. The number of benzene rings is 2. The van der Waals surface area contributed by atoms with Crippen LogP contribution < -0.4 is 5.32 Å². The summed E-state index contributed by atoms with van der Waals surface area (Å²) in [6.07, 6.45) is 1.90. The lowest BCUT2D eigenvalue weighted by molar-refractivity contribution is -0.123. The number of hydrogen-bond acceptors (Lipinski definition) is 6. The molecule has 196 valence electrons. The second-order valence-electron chi connectivity index (χ2n) is 9.60. The number of halogens is 1. The van der Waals surface area contributed by atoms with E-state index in [4.69, 9.17) is 19.8 Å². The molecule has 2 aromatic carbocycles. The zero-order chi connectivity index (χ0) is 26.3. The summed E-state index contributed by atoms with van der Waals surface area (Å²) in [4.78, 5) is 22.1. The van der Waals surface area contributed by atoms with Gasteiger partial charge in [0.25, 0.3) is 12.9 Å². The predicted molar refractivity (Wildman–Crippen MR) is 136 cm³/mol. The van der Waals surface area contributed by atoms with E-state index in [0.29, 0.717) is 12.0 Å². The van der Waals surface area contributed by atoms with Gasteiger partial charge in [-0.25, -0.2) is 4.39 Å². The number of carboxylic acid groups (broad SMARTS) is 2. The highest BCUT2D eigenvalue weighted by Gasteiger charge is 2.54. The molecule has 3 unspecified atom stereocenters. The first-order valence-electron chi connectivity index (χ1n) is 12.2. The topological polar surface area (TPSA) is 122 Å². The molecule has 3 atom stereocenters. The second-order valence-corrected chi connectivity index (χ2v) is 9.60. The number of nitrogens with one attached hydrogen (secondary N) is 2. The fourth-order valence-corrected chi connectivity index (χ4v) is 6.21. The van der Waals surface area contributed by atoms with Gasteiger partial charge < -0.3 is 25.3 Å². The summed E-state index contributed by atoms with van der Waals surface area (Å²) in [6.45, 7) is 7.15. The number of fused-ring (bicyclic) bond motifs is 1. The van der Waals surface area contributed by atoms with Crippen LogP contribution in [0.3, 0.4) is 0 Å². The van der Waals surface area contributed by atoms with Crippen LogP contribution in [0.25, 0.3) is 11.3 Å². The van der Waals surface area contributed by atoms with Crippen molar-refractivity contribution in [1.29, 1.82) is 0 Å². The Bertz CT molecular complexity index is 1140. The first kappa shape index (κ1) is 26.5. The van der Waals surface area contributed by atoms with Gasteiger partial charge in [0.05, 0.1) is 11.9 Å². The highest BCUT2D eigenvalue weighted by molar-refractivity contribution is 5.62. The SMILES string of the molecule is Fc1ccc(-c2[nH]ncc2CNC2C3CN4CCN(C3)CC2(c2ccccc2)C4)cc1.O=CO.O=CO. The summed E-state index contributed by atoms with van der Waals surface area (Å²) in [5.41, 5.74) is 4.60. The quantitative estimate of drug-likeness (QED) is 0.387. The predicted octanol–water partition coefficient (Wildman–Crippen LogP) is 2.27. The molecule has 0 aliphatic carbocycles. The Morgan fingerprint density at radius 3 is 2.19 bits per heavy atom. The van der Waals surface area contributed by atoms with Crippen LogP contribution in [0, 0.1) is 11.7 Å². The number of H-pyrrole nitrogens is 1. The van der Waals surface area contributed by atoms with Crippen LogP contribution in [0.4, 0.5) is 4.39 Å². The third-order valence-corrected chi connectivity index (χ3v) is 7.51. The molecule has 4 saturated heterocycles. The Kier molecular flexibility index (Phi) is 8.65. The highest BCUT2D eigenvalue weighted by Crippen LogP contribution is 2.43. The molecular weight excluding hydrogens is 477 g/mol. The summed E-state index contributed by atoms with van der Waals surface area (Å²) in [6, 6.07) is 18.1. The third kappa shape index (κ3) is 5.71. The largest absolute Gasteiger partial charge is 0.483 e. The number of carbonyl (C=O) groups is 2. The van der Waals surface area contributed by atoms with Gasteiger partial charge in [-0.3, -0.25) is 14.7 Å². The molecular formula is C27H32FN5O4. The summed E-state index contributed by atoms with van der Waals surface area (Å²) in [5, 5.41) is 25.2. The fraction of sp³-hybridized carbons (Fsp3) is 0.370. The van der Waals surface area contributed by atoms with Crippen LogP contribution in [-0.2, 0) is 21.5 Å². The number of aromatic nitrogens is 2. The van der Waals surface area contributed by atoms with Gasteiger partial charge in [-0.05, 0) is 29.8 Å². The van der Waals surface area contributed by atoms with Crippen LogP contribution >= 0.6 is 0 Å². The Morgan fingerprint density at radius 2 is 1.59 bits per heavy atom. The summed E-state index contributed by atoms with van der Waals surface area (Å²) in [7, 11) is 0. The van der Waals surface area contributed by atoms with Crippen molar-refractivity contribution in [3.05, 3.63) is 77.7 Å². The molecule has 9 nitrogen and oxygen atoms in total. The molecule has 4 fully saturated rings. The second kappa shape index (κ2) is 12.1. The minimum absolute atomic E-state index is 0.0959. The van der Waals surface area contributed by atoms with E-state index in [0.717, 1.165) is 36.5 Å². The minimum atomic E-state index is -0.250. The van der Waals surface area contributed by atoms with Crippen molar-refractivity contribution in [1.82, 2.24) is 25.3 Å². The third-order valence-electron chi connectivity index (χ3n) is 7.51. The Labute approximate surface area is 214 Å². The smallest absolute Gasteiger partial charge is 0.290 e. The average Bonchev–Trinajstić information content (AvgIpc) is 3.23. The molecule has 4 aliphatic rings. The van der Waals surface area contributed by atoms with E-state index >= 15 is 0 Å². The normalized spacial score (nSPS) is 27.2. The molecule has 10 heteroatoms. The zero-order valence-electron chi connectivity index (χ0n) is 20.5. The number of hydrogen-bond donors (Lipinski definition) is 4. The van der Waals surface area contributed by atoms with Crippen LogP contribution in [0.1, 0.15) is 11.1 Å². The van der Waals surface area contributed by atoms with Crippen LogP contribution in [0.5, 0.6) is 0 Å². The summed E-state index contributed by atoms with van der Waals surface area (Å²) >= 11 is 0. The van der Waals surface area contributed by atoms with Crippen LogP contribution in [-0.4, -0.2) is 88.5 Å². The van der Waals surface area contributed by atoms with Crippen molar-refractivity contribution in [2.75, 3.05) is 39.3 Å². The highest BCUT2D eigenvalue weighted by atomic mass is 19.1. The van der Waals surface area contributed by atoms with Crippen molar-refractivity contribution in [3.8, 4) is 11.3 Å². The van der Waals surface area contributed by atoms with Gasteiger partial charge in [-0.1, -0.05) is 30.3 Å². The fourth-order valence-electron chi connectivity index (χ4n) is 6.21. The molecule has 4 bridgehead atoms. The molecule has 37 heavy (non-hydrogen) atoms. The Hall–Kier alpha value is -3.60. The first-order valence-corrected chi connectivity index (χ1v) is 12.2. The molecule has 0 radical (unpaired) electrons. The molecule has 0 amide bonds. The lowest BCUT2D eigenvalue weighted by Crippen LogP contribution is -2.69. The Balaban J connectivity index is 0.000000489. The van der Waals surface area contributed by atoms with E-state index in [1.807, 2.05) is 18.3 Å². The standard InChI is InChI=1S/C25H28FN5.2CH2O2/c26-22-8-6-18(7-9-22)23-19(13-28-29-23)12-27-24-20-14-30-10-11-31(15-20)17-25(24,16-30)21-4-2-1-3-5-21;2*2-1-3/h1-9,13,20,24,27H,10-12,14-17H2,(H,28,29);2*1H,(H,2,3). The lowest BCUT2D eigenvalue weighted by atomic mass is 9.64. The molecule has 0 spiro atoms.